The first-order chi connectivity index (χ1) is 10.2. The van der Waals surface area contributed by atoms with Crippen molar-refractivity contribution in [3.8, 4) is 17.6 Å². The molecule has 4 nitrogen and oxygen atoms in total. The fraction of sp³-hybridized carbons (Fsp3) is 0.235. The Balaban J connectivity index is 2.33. The fourth-order valence-electron chi connectivity index (χ4n) is 2.10. The number of methoxy groups -OCH3 is 1. The van der Waals surface area contributed by atoms with Crippen molar-refractivity contribution in [2.75, 3.05) is 7.11 Å². The highest BCUT2D eigenvalue weighted by Gasteiger charge is 2.20. The maximum atomic E-state index is 9.14. The third-order valence-corrected chi connectivity index (χ3v) is 3.16. The number of hydrogen-bond acceptors (Lipinski definition) is 4. The van der Waals surface area contributed by atoms with Crippen molar-refractivity contribution in [1.82, 2.24) is 0 Å². The van der Waals surface area contributed by atoms with Gasteiger partial charge in [-0.05, 0) is 36.8 Å². The largest absolute Gasteiger partial charge is 0.497 e. The van der Waals surface area contributed by atoms with E-state index in [2.05, 4.69) is 6.07 Å². The molecule has 0 radical (unpaired) electrons. The number of nitrogens with two attached hydrogens (primary N) is 1. The summed E-state index contributed by atoms with van der Waals surface area (Å²) in [5.41, 5.74) is 7.46. The Morgan fingerprint density at radius 2 is 1.90 bits per heavy atom. The van der Waals surface area contributed by atoms with Gasteiger partial charge >= 0.3 is 0 Å². The van der Waals surface area contributed by atoms with E-state index in [1.165, 1.54) is 0 Å². The molecular weight excluding hydrogens is 264 g/mol. The van der Waals surface area contributed by atoms with Crippen LogP contribution in [0.25, 0.3) is 0 Å². The molecule has 108 valence electrons. The second-order valence-corrected chi connectivity index (χ2v) is 4.78. The molecule has 0 aliphatic rings. The molecule has 21 heavy (non-hydrogen) atoms. The van der Waals surface area contributed by atoms with E-state index in [4.69, 9.17) is 20.5 Å². The van der Waals surface area contributed by atoms with Gasteiger partial charge in [-0.1, -0.05) is 24.3 Å². The molecule has 0 aromatic heterocycles. The number of nitriles is 1. The molecule has 2 atom stereocenters. The molecule has 4 heteroatoms. The van der Waals surface area contributed by atoms with Crippen molar-refractivity contribution in [3.63, 3.8) is 0 Å². The van der Waals surface area contributed by atoms with E-state index in [0.29, 0.717) is 11.3 Å². The van der Waals surface area contributed by atoms with Crippen molar-refractivity contribution in [1.29, 1.82) is 5.26 Å². The monoisotopic (exact) mass is 282 g/mol. The summed E-state index contributed by atoms with van der Waals surface area (Å²) in [5.74, 6) is 1.28. The predicted molar refractivity (Wildman–Crippen MR) is 81.2 cm³/mol. The Morgan fingerprint density at radius 3 is 2.57 bits per heavy atom. The van der Waals surface area contributed by atoms with Crippen LogP contribution in [0.2, 0.25) is 0 Å². The lowest BCUT2D eigenvalue weighted by Gasteiger charge is -2.23. The second-order valence-electron chi connectivity index (χ2n) is 4.78. The SMILES string of the molecule is COc1cccc(C(Oc2ccccc2C#N)C(C)N)c1. The van der Waals surface area contributed by atoms with Crippen molar-refractivity contribution in [2.45, 2.75) is 19.1 Å². The molecule has 2 unspecified atom stereocenters. The van der Waals surface area contributed by atoms with Crippen molar-refractivity contribution in [3.05, 3.63) is 59.7 Å². The molecule has 0 saturated heterocycles. The van der Waals surface area contributed by atoms with E-state index in [1.807, 2.05) is 37.3 Å². The highest BCUT2D eigenvalue weighted by Crippen LogP contribution is 2.28. The maximum Gasteiger partial charge on any atom is 0.139 e. The Bertz CT molecular complexity index is 647. The van der Waals surface area contributed by atoms with E-state index in [1.54, 1.807) is 25.3 Å². The zero-order valence-electron chi connectivity index (χ0n) is 12.1. The highest BCUT2D eigenvalue weighted by molar-refractivity contribution is 5.43. The van der Waals surface area contributed by atoms with E-state index < -0.39 is 0 Å². The summed E-state index contributed by atoms with van der Waals surface area (Å²) in [6.45, 7) is 1.87. The highest BCUT2D eigenvalue weighted by atomic mass is 16.5. The molecule has 0 heterocycles. The summed E-state index contributed by atoms with van der Waals surface area (Å²) >= 11 is 0. The Labute approximate surface area is 124 Å². The Morgan fingerprint density at radius 1 is 1.14 bits per heavy atom. The second kappa shape index (κ2) is 6.78. The van der Waals surface area contributed by atoms with Crippen LogP contribution in [0.4, 0.5) is 0 Å². The zero-order valence-corrected chi connectivity index (χ0v) is 12.1. The van der Waals surface area contributed by atoms with Crippen LogP contribution >= 0.6 is 0 Å². The van der Waals surface area contributed by atoms with Crippen LogP contribution in [0, 0.1) is 11.3 Å². The third-order valence-electron chi connectivity index (χ3n) is 3.16. The van der Waals surface area contributed by atoms with E-state index in [9.17, 15) is 0 Å². The van der Waals surface area contributed by atoms with Crippen LogP contribution in [0.3, 0.4) is 0 Å². The summed E-state index contributed by atoms with van der Waals surface area (Å²) in [7, 11) is 1.62. The number of rotatable bonds is 5. The van der Waals surface area contributed by atoms with Crippen molar-refractivity contribution >= 4 is 0 Å². The van der Waals surface area contributed by atoms with Crippen molar-refractivity contribution in [2.24, 2.45) is 5.73 Å². The van der Waals surface area contributed by atoms with Gasteiger partial charge in [0.05, 0.1) is 12.7 Å². The first kappa shape index (κ1) is 14.9. The smallest absolute Gasteiger partial charge is 0.139 e. The Kier molecular flexibility index (Phi) is 4.81. The maximum absolute atomic E-state index is 9.14. The average molecular weight is 282 g/mol. The number of nitrogens with zero attached hydrogens (tertiary/aromatic N) is 1. The number of para-hydroxylation sites is 1. The van der Waals surface area contributed by atoms with Gasteiger partial charge in [0.25, 0.3) is 0 Å². The van der Waals surface area contributed by atoms with Crippen molar-refractivity contribution < 1.29 is 9.47 Å². The molecule has 0 aliphatic heterocycles. The predicted octanol–water partition coefficient (Wildman–Crippen LogP) is 3.03. The topological polar surface area (TPSA) is 68.3 Å². The lowest BCUT2D eigenvalue weighted by molar-refractivity contribution is 0.179. The zero-order chi connectivity index (χ0) is 15.2. The summed E-state index contributed by atoms with van der Waals surface area (Å²) in [6, 6.07) is 16.6. The standard InChI is InChI=1S/C17H18N2O2/c1-12(19)17(13-7-5-8-15(10-13)20-2)21-16-9-4-3-6-14(16)11-18/h3-10,12,17H,19H2,1-2H3. The average Bonchev–Trinajstić information content (AvgIpc) is 2.52. The molecule has 0 fully saturated rings. The molecule has 0 spiro atoms. The molecule has 0 aliphatic carbocycles. The molecule has 2 aromatic rings. The van der Waals surface area contributed by atoms with Gasteiger partial charge < -0.3 is 15.2 Å². The van der Waals surface area contributed by atoms with Crippen LogP contribution in [-0.2, 0) is 0 Å². The molecule has 0 bridgehead atoms. The van der Waals surface area contributed by atoms with E-state index in [-0.39, 0.29) is 12.1 Å². The molecular formula is C17H18N2O2. The minimum Gasteiger partial charge on any atom is -0.497 e. The lowest BCUT2D eigenvalue weighted by atomic mass is 10.0. The summed E-state index contributed by atoms with van der Waals surface area (Å²) in [4.78, 5) is 0. The fourth-order valence-corrected chi connectivity index (χ4v) is 2.10. The van der Waals surface area contributed by atoms with E-state index in [0.717, 1.165) is 11.3 Å². The molecule has 0 saturated carbocycles. The summed E-state index contributed by atoms with van der Waals surface area (Å²) in [6.07, 6.45) is -0.352. The van der Waals surface area contributed by atoms with Gasteiger partial charge in [0.15, 0.2) is 0 Å². The van der Waals surface area contributed by atoms with Crippen LogP contribution in [0.5, 0.6) is 11.5 Å². The first-order valence-corrected chi connectivity index (χ1v) is 6.71. The molecule has 0 amide bonds. The number of benzene rings is 2. The van der Waals surface area contributed by atoms with E-state index >= 15 is 0 Å². The Hall–Kier alpha value is -2.51. The van der Waals surface area contributed by atoms with Gasteiger partial charge in [-0.25, -0.2) is 0 Å². The number of hydrogen-bond donors (Lipinski definition) is 1. The van der Waals surface area contributed by atoms with Gasteiger partial charge in [-0.3, -0.25) is 0 Å². The van der Waals surface area contributed by atoms with Gasteiger partial charge in [0.2, 0.25) is 0 Å². The quantitative estimate of drug-likeness (QED) is 0.915. The minimum atomic E-state index is -0.352. The first-order valence-electron chi connectivity index (χ1n) is 6.71. The minimum absolute atomic E-state index is 0.233. The van der Waals surface area contributed by atoms with Crippen LogP contribution < -0.4 is 15.2 Å². The van der Waals surface area contributed by atoms with Crippen LogP contribution in [0.1, 0.15) is 24.2 Å². The lowest BCUT2D eigenvalue weighted by Crippen LogP contribution is -2.29. The van der Waals surface area contributed by atoms with Gasteiger partial charge in [-0.2, -0.15) is 5.26 Å². The summed E-state index contributed by atoms with van der Waals surface area (Å²) < 4.78 is 11.2. The molecule has 2 aromatic carbocycles. The van der Waals surface area contributed by atoms with Gasteiger partial charge in [0, 0.05) is 6.04 Å². The van der Waals surface area contributed by atoms with Gasteiger partial charge in [-0.15, -0.1) is 0 Å². The molecule has 2 N–H and O–H groups in total. The number of ether oxygens (including phenoxy) is 2. The van der Waals surface area contributed by atoms with Gasteiger partial charge in [0.1, 0.15) is 23.7 Å². The summed E-state index contributed by atoms with van der Waals surface area (Å²) in [5, 5.41) is 9.14. The normalized spacial score (nSPS) is 13.0. The molecule has 2 rings (SSSR count). The third kappa shape index (κ3) is 3.53. The van der Waals surface area contributed by atoms with Crippen LogP contribution in [0.15, 0.2) is 48.5 Å². The van der Waals surface area contributed by atoms with Crippen LogP contribution in [-0.4, -0.2) is 13.2 Å².